The lowest BCUT2D eigenvalue weighted by atomic mass is 10.1. The van der Waals surface area contributed by atoms with Crippen molar-refractivity contribution in [3.8, 4) is 10.6 Å². The van der Waals surface area contributed by atoms with Crippen molar-refractivity contribution in [1.82, 2.24) is 4.98 Å². The lowest BCUT2D eigenvalue weighted by Crippen LogP contribution is -2.09. The Morgan fingerprint density at radius 2 is 2.12 bits per heavy atom. The van der Waals surface area contributed by atoms with Crippen molar-refractivity contribution >= 4 is 44.5 Å². The smallest absolute Gasteiger partial charge is 0.224 e. The Balaban J connectivity index is 1.45. The summed E-state index contributed by atoms with van der Waals surface area (Å²) in [6.45, 7) is 0.676. The van der Waals surface area contributed by atoms with Crippen molar-refractivity contribution in [2.45, 2.75) is 25.8 Å². The van der Waals surface area contributed by atoms with Gasteiger partial charge in [0.05, 0.1) is 12.2 Å². The summed E-state index contributed by atoms with van der Waals surface area (Å²) in [6, 6.07) is 14.3. The number of hydrogen-bond donors (Lipinski definition) is 2. The fourth-order valence-corrected chi connectivity index (χ4v) is 4.24. The number of benzene rings is 2. The second-order valence-corrected chi connectivity index (χ2v) is 8.06. The number of anilines is 2. The van der Waals surface area contributed by atoms with Gasteiger partial charge in [0.25, 0.3) is 0 Å². The van der Waals surface area contributed by atoms with E-state index >= 15 is 0 Å². The van der Waals surface area contributed by atoms with Gasteiger partial charge in [0.1, 0.15) is 5.01 Å². The summed E-state index contributed by atoms with van der Waals surface area (Å²) in [4.78, 5) is 16.4. The fourth-order valence-electron chi connectivity index (χ4n) is 3.02. The maximum absolute atomic E-state index is 11.6. The van der Waals surface area contributed by atoms with Crippen LogP contribution in [0, 0.1) is 0 Å². The Kier molecular flexibility index (Phi) is 5.04. The van der Waals surface area contributed by atoms with Crippen molar-refractivity contribution < 1.29 is 4.79 Å². The van der Waals surface area contributed by atoms with E-state index in [9.17, 15) is 4.79 Å². The molecule has 1 amide bonds. The summed E-state index contributed by atoms with van der Waals surface area (Å²) in [5, 5.41) is 9.52. The molecule has 0 aliphatic carbocycles. The average Bonchev–Trinajstić information content (AvgIpc) is 3.03. The average molecular weight is 428 g/mol. The molecule has 3 aromatic rings. The summed E-state index contributed by atoms with van der Waals surface area (Å²) in [6.07, 6.45) is 2.41. The summed E-state index contributed by atoms with van der Waals surface area (Å²) in [7, 11) is 0. The van der Waals surface area contributed by atoms with E-state index in [1.807, 2.05) is 24.3 Å². The van der Waals surface area contributed by atoms with E-state index in [1.165, 1.54) is 5.56 Å². The van der Waals surface area contributed by atoms with Crippen LogP contribution in [0.5, 0.6) is 0 Å². The van der Waals surface area contributed by atoms with Crippen LogP contribution in [-0.4, -0.2) is 10.9 Å². The molecule has 1 aliphatic heterocycles. The molecule has 6 heteroatoms. The van der Waals surface area contributed by atoms with E-state index in [1.54, 1.807) is 11.3 Å². The molecule has 132 valence electrons. The number of amides is 1. The van der Waals surface area contributed by atoms with E-state index in [4.69, 9.17) is 4.98 Å². The van der Waals surface area contributed by atoms with Gasteiger partial charge in [0, 0.05) is 33.2 Å². The predicted octanol–water partition coefficient (Wildman–Crippen LogP) is 5.46. The molecule has 2 N–H and O–H groups in total. The third kappa shape index (κ3) is 3.97. The molecule has 0 radical (unpaired) electrons. The van der Waals surface area contributed by atoms with Gasteiger partial charge in [-0.15, -0.1) is 11.3 Å². The molecule has 2 heterocycles. The van der Waals surface area contributed by atoms with Crippen LogP contribution < -0.4 is 10.6 Å². The lowest BCUT2D eigenvalue weighted by molar-refractivity contribution is -0.116. The molecular weight excluding hydrogens is 410 g/mol. The first-order valence-electron chi connectivity index (χ1n) is 8.54. The highest BCUT2D eigenvalue weighted by Gasteiger charge is 2.13. The molecule has 1 aliphatic rings. The Hall–Kier alpha value is -2.18. The molecule has 0 atom stereocenters. The van der Waals surface area contributed by atoms with Gasteiger partial charge in [-0.25, -0.2) is 4.98 Å². The van der Waals surface area contributed by atoms with Crippen LogP contribution in [0.15, 0.2) is 52.3 Å². The molecule has 0 fully saturated rings. The summed E-state index contributed by atoms with van der Waals surface area (Å²) >= 11 is 5.16. The van der Waals surface area contributed by atoms with Gasteiger partial charge in [-0.2, -0.15) is 0 Å². The van der Waals surface area contributed by atoms with E-state index in [0.717, 1.165) is 45.0 Å². The number of aryl methyl sites for hydroxylation is 1. The fraction of sp³-hybridized carbons (Fsp3) is 0.200. The minimum Gasteiger partial charge on any atom is -0.379 e. The SMILES string of the molecule is O=C1CCCc2cc(NCc3csc(-c4cccc(Br)c4)n3)ccc2N1. The molecule has 2 aromatic carbocycles. The number of carbonyl (C=O) groups is 1. The predicted molar refractivity (Wildman–Crippen MR) is 111 cm³/mol. The van der Waals surface area contributed by atoms with Crippen molar-refractivity contribution in [1.29, 1.82) is 0 Å². The van der Waals surface area contributed by atoms with Crippen LogP contribution in [0.4, 0.5) is 11.4 Å². The van der Waals surface area contributed by atoms with Crippen LogP contribution >= 0.6 is 27.3 Å². The maximum atomic E-state index is 11.6. The first kappa shape index (κ1) is 17.2. The molecule has 0 saturated heterocycles. The molecule has 0 spiro atoms. The zero-order valence-corrected chi connectivity index (χ0v) is 16.5. The number of rotatable bonds is 4. The Bertz CT molecular complexity index is 954. The van der Waals surface area contributed by atoms with E-state index in [-0.39, 0.29) is 5.91 Å². The zero-order valence-electron chi connectivity index (χ0n) is 14.1. The number of thiazole rings is 1. The van der Waals surface area contributed by atoms with Crippen molar-refractivity contribution in [2.24, 2.45) is 0 Å². The second kappa shape index (κ2) is 7.60. The Labute approximate surface area is 164 Å². The van der Waals surface area contributed by atoms with Gasteiger partial charge < -0.3 is 10.6 Å². The third-order valence-corrected chi connectivity index (χ3v) is 5.76. The topological polar surface area (TPSA) is 54.0 Å². The quantitative estimate of drug-likeness (QED) is 0.580. The number of halogens is 1. The normalized spacial score (nSPS) is 13.7. The standard InChI is InChI=1S/C20H18BrN3OS/c21-15-5-1-4-14(9-15)20-23-17(12-26-20)11-22-16-7-8-18-13(10-16)3-2-6-19(25)24-18/h1,4-5,7-10,12,22H,2-3,6,11H2,(H,24,25). The van der Waals surface area contributed by atoms with E-state index in [2.05, 4.69) is 50.1 Å². The minimum atomic E-state index is 0.104. The van der Waals surface area contributed by atoms with E-state index < -0.39 is 0 Å². The van der Waals surface area contributed by atoms with Crippen LogP contribution in [0.25, 0.3) is 10.6 Å². The summed E-state index contributed by atoms with van der Waals surface area (Å²) < 4.78 is 1.06. The van der Waals surface area contributed by atoms with Crippen molar-refractivity contribution in [3.05, 3.63) is 63.6 Å². The highest BCUT2D eigenvalue weighted by atomic mass is 79.9. The van der Waals surface area contributed by atoms with Crippen LogP contribution in [0.3, 0.4) is 0 Å². The number of fused-ring (bicyclic) bond motifs is 1. The third-order valence-electron chi connectivity index (χ3n) is 4.33. The maximum Gasteiger partial charge on any atom is 0.224 e. The van der Waals surface area contributed by atoms with Gasteiger partial charge in [-0.1, -0.05) is 28.1 Å². The van der Waals surface area contributed by atoms with Crippen molar-refractivity contribution in [3.63, 3.8) is 0 Å². The van der Waals surface area contributed by atoms with Crippen LogP contribution in [0.1, 0.15) is 24.1 Å². The molecule has 4 rings (SSSR count). The zero-order chi connectivity index (χ0) is 17.9. The Morgan fingerprint density at radius 3 is 3.00 bits per heavy atom. The lowest BCUT2D eigenvalue weighted by Gasteiger charge is -2.10. The largest absolute Gasteiger partial charge is 0.379 e. The first-order chi connectivity index (χ1) is 12.7. The van der Waals surface area contributed by atoms with Crippen LogP contribution in [-0.2, 0) is 17.8 Å². The number of nitrogens with one attached hydrogen (secondary N) is 2. The summed E-state index contributed by atoms with van der Waals surface area (Å²) in [5.74, 6) is 0.104. The molecule has 4 nitrogen and oxygen atoms in total. The second-order valence-electron chi connectivity index (χ2n) is 6.28. The molecule has 0 unspecified atom stereocenters. The van der Waals surface area contributed by atoms with E-state index in [0.29, 0.717) is 13.0 Å². The van der Waals surface area contributed by atoms with Crippen LogP contribution in [0.2, 0.25) is 0 Å². The number of nitrogens with zero attached hydrogens (tertiary/aromatic N) is 1. The number of aromatic nitrogens is 1. The van der Waals surface area contributed by atoms with Gasteiger partial charge >= 0.3 is 0 Å². The first-order valence-corrected chi connectivity index (χ1v) is 10.2. The van der Waals surface area contributed by atoms with Gasteiger partial charge in [0.15, 0.2) is 0 Å². The van der Waals surface area contributed by atoms with Gasteiger partial charge in [-0.05, 0) is 48.7 Å². The molecule has 1 aromatic heterocycles. The number of hydrogen-bond acceptors (Lipinski definition) is 4. The van der Waals surface area contributed by atoms with Gasteiger partial charge in [0.2, 0.25) is 5.91 Å². The highest BCUT2D eigenvalue weighted by molar-refractivity contribution is 9.10. The highest BCUT2D eigenvalue weighted by Crippen LogP contribution is 2.28. The number of carbonyl (C=O) groups excluding carboxylic acids is 1. The minimum absolute atomic E-state index is 0.104. The monoisotopic (exact) mass is 427 g/mol. The van der Waals surface area contributed by atoms with Crippen molar-refractivity contribution in [2.75, 3.05) is 10.6 Å². The molecule has 0 saturated carbocycles. The van der Waals surface area contributed by atoms with Gasteiger partial charge in [-0.3, -0.25) is 4.79 Å². The summed E-state index contributed by atoms with van der Waals surface area (Å²) in [5.41, 5.74) is 5.32. The molecule has 0 bridgehead atoms. The Morgan fingerprint density at radius 1 is 1.19 bits per heavy atom. The molecular formula is C20H18BrN3OS. The molecule has 26 heavy (non-hydrogen) atoms.